The molecule has 0 bridgehead atoms. The molecule has 0 spiro atoms. The highest BCUT2D eigenvalue weighted by Crippen LogP contribution is 2.47. The van der Waals surface area contributed by atoms with Gasteiger partial charge in [-0.2, -0.15) is 0 Å². The van der Waals surface area contributed by atoms with E-state index < -0.39 is 40.0 Å². The second-order valence-electron chi connectivity index (χ2n) is 6.79. The smallest absolute Gasteiger partial charge is 0.337 e. The van der Waals surface area contributed by atoms with Gasteiger partial charge in [0.05, 0.1) is 0 Å². The zero-order valence-corrected chi connectivity index (χ0v) is 17.0. The molecule has 1 unspecified atom stereocenters. The van der Waals surface area contributed by atoms with Crippen molar-refractivity contribution in [2.45, 2.75) is 46.4 Å². The largest absolute Gasteiger partial charge is 0.479 e. The van der Waals surface area contributed by atoms with Crippen LogP contribution < -0.4 is 0 Å². The van der Waals surface area contributed by atoms with E-state index in [0.29, 0.717) is 0 Å². The Bertz CT molecular complexity index is 451. The van der Waals surface area contributed by atoms with Gasteiger partial charge in [0.15, 0.2) is 9.04 Å². The lowest BCUT2D eigenvalue weighted by molar-refractivity contribution is -0.151. The average Bonchev–Trinajstić information content (AvgIpc) is 2.40. The van der Waals surface area contributed by atoms with Crippen LogP contribution in [0.3, 0.4) is 0 Å². The number of hydrogen-bond acceptors (Lipinski definition) is 6. The molecule has 9 heteroatoms. The first-order valence-corrected chi connectivity index (χ1v) is 12.0. The molecule has 1 N–H and O–H groups in total. The first-order chi connectivity index (χ1) is 10.4. The molecule has 2 atom stereocenters. The SMILES string of the molecule is COP(=O)(CC(=O)CC([C@@H](O[SiH](C)C)C(=O)O)C(C)(C)C)OC. The van der Waals surface area contributed by atoms with Gasteiger partial charge in [0.25, 0.3) is 0 Å². The van der Waals surface area contributed by atoms with Crippen LogP contribution >= 0.6 is 7.60 Å². The number of hydrogen-bond donors (Lipinski definition) is 1. The summed E-state index contributed by atoms with van der Waals surface area (Å²) in [6.45, 7) is 9.33. The molecule has 0 aliphatic rings. The summed E-state index contributed by atoms with van der Waals surface area (Å²) in [6, 6.07) is 0. The van der Waals surface area contributed by atoms with Crippen LogP contribution in [0.15, 0.2) is 0 Å². The van der Waals surface area contributed by atoms with E-state index in [-0.39, 0.29) is 18.4 Å². The van der Waals surface area contributed by atoms with Crippen LogP contribution in [0.5, 0.6) is 0 Å². The molecule has 0 radical (unpaired) electrons. The predicted octanol–water partition coefficient (Wildman–Crippen LogP) is 2.55. The van der Waals surface area contributed by atoms with Gasteiger partial charge in [0.1, 0.15) is 18.0 Å². The highest BCUT2D eigenvalue weighted by Gasteiger charge is 2.40. The Hall–Kier alpha value is -0.533. The van der Waals surface area contributed by atoms with Crippen LogP contribution in [0, 0.1) is 11.3 Å². The minimum Gasteiger partial charge on any atom is -0.479 e. The fourth-order valence-corrected chi connectivity index (χ4v) is 4.08. The van der Waals surface area contributed by atoms with Crippen LogP contribution in [0.1, 0.15) is 27.2 Å². The number of ketones is 1. The number of rotatable bonds is 10. The van der Waals surface area contributed by atoms with E-state index >= 15 is 0 Å². The summed E-state index contributed by atoms with van der Waals surface area (Å²) in [5, 5.41) is 9.48. The monoisotopic (exact) mass is 368 g/mol. The third-order valence-electron chi connectivity index (χ3n) is 3.51. The third kappa shape index (κ3) is 7.72. The second-order valence-corrected chi connectivity index (χ2v) is 11.4. The zero-order chi connectivity index (χ0) is 18.4. The summed E-state index contributed by atoms with van der Waals surface area (Å²) in [6.07, 6.45) is -1.49. The maximum Gasteiger partial charge on any atom is 0.337 e. The van der Waals surface area contributed by atoms with Crippen LogP contribution in [0.25, 0.3) is 0 Å². The van der Waals surface area contributed by atoms with E-state index in [2.05, 4.69) is 0 Å². The number of Topliss-reactive ketones (excluding diaryl/α,β-unsaturated/α-hetero) is 1. The Balaban J connectivity index is 5.31. The van der Waals surface area contributed by atoms with Crippen molar-refractivity contribution in [2.24, 2.45) is 11.3 Å². The van der Waals surface area contributed by atoms with Crippen molar-refractivity contribution >= 4 is 28.4 Å². The quantitative estimate of drug-likeness (QED) is 0.467. The van der Waals surface area contributed by atoms with Gasteiger partial charge < -0.3 is 18.6 Å². The normalized spacial score (nSPS) is 15.5. The molecule has 0 heterocycles. The summed E-state index contributed by atoms with van der Waals surface area (Å²) in [5.74, 6) is -1.98. The summed E-state index contributed by atoms with van der Waals surface area (Å²) >= 11 is 0. The van der Waals surface area contributed by atoms with Gasteiger partial charge in [-0.05, 0) is 18.5 Å². The fraction of sp³-hybridized carbons (Fsp3) is 0.857. The maximum atomic E-state index is 12.3. The van der Waals surface area contributed by atoms with Crippen LogP contribution in [0.2, 0.25) is 13.1 Å². The average molecular weight is 368 g/mol. The summed E-state index contributed by atoms with van der Waals surface area (Å²) in [7, 11) is -2.64. The molecule has 0 aliphatic carbocycles. The Morgan fingerprint density at radius 3 is 1.96 bits per heavy atom. The van der Waals surface area contributed by atoms with Crippen molar-refractivity contribution in [1.82, 2.24) is 0 Å². The molecule has 0 amide bonds. The molecule has 0 rings (SSSR count). The standard InChI is InChI=1S/C14H29O7PSi/c1-14(2,3)11(12(13(16)17)21-23(6)7)8-10(15)9-22(18,19-4)20-5/h11-12,23H,8-9H2,1-7H3,(H,16,17)/t11?,12-/m1/s1. The molecular formula is C14H29O7PSi. The minimum atomic E-state index is -3.46. The Labute approximate surface area is 140 Å². The summed E-state index contributed by atoms with van der Waals surface area (Å²) < 4.78 is 27.2. The fourth-order valence-electron chi connectivity index (χ4n) is 2.22. The van der Waals surface area contributed by atoms with Crippen molar-refractivity contribution in [3.05, 3.63) is 0 Å². The number of carboxylic acids is 1. The molecule has 136 valence electrons. The molecule has 0 saturated heterocycles. The van der Waals surface area contributed by atoms with Gasteiger partial charge in [0, 0.05) is 26.6 Å². The van der Waals surface area contributed by atoms with E-state index in [0.717, 1.165) is 0 Å². The second kappa shape index (κ2) is 9.08. The first-order valence-electron chi connectivity index (χ1n) is 7.46. The molecule has 7 nitrogen and oxygen atoms in total. The van der Waals surface area contributed by atoms with Gasteiger partial charge >= 0.3 is 13.6 Å². The predicted molar refractivity (Wildman–Crippen MR) is 90.4 cm³/mol. The Morgan fingerprint density at radius 2 is 1.65 bits per heavy atom. The van der Waals surface area contributed by atoms with Crippen LogP contribution in [-0.2, 0) is 27.6 Å². The molecule has 0 aromatic rings. The highest BCUT2D eigenvalue weighted by molar-refractivity contribution is 7.54. The molecular weight excluding hydrogens is 339 g/mol. The third-order valence-corrected chi connectivity index (χ3v) is 6.20. The van der Waals surface area contributed by atoms with Gasteiger partial charge in [-0.3, -0.25) is 9.36 Å². The van der Waals surface area contributed by atoms with E-state index in [4.69, 9.17) is 13.5 Å². The van der Waals surface area contributed by atoms with Gasteiger partial charge in [-0.25, -0.2) is 4.79 Å². The van der Waals surface area contributed by atoms with E-state index in [1.54, 1.807) is 0 Å². The van der Waals surface area contributed by atoms with Crippen molar-refractivity contribution in [1.29, 1.82) is 0 Å². The molecule has 0 fully saturated rings. The molecule has 0 saturated carbocycles. The molecule has 0 aliphatic heterocycles. The lowest BCUT2D eigenvalue weighted by Crippen LogP contribution is -2.43. The lowest BCUT2D eigenvalue weighted by Gasteiger charge is -2.35. The molecule has 0 aromatic carbocycles. The van der Waals surface area contributed by atoms with Crippen molar-refractivity contribution in [3.8, 4) is 0 Å². The zero-order valence-electron chi connectivity index (χ0n) is 15.0. The van der Waals surface area contributed by atoms with Crippen LogP contribution in [0.4, 0.5) is 0 Å². The van der Waals surface area contributed by atoms with E-state index in [1.165, 1.54) is 14.2 Å². The number of carbonyl (C=O) groups excluding carboxylic acids is 1. The summed E-state index contributed by atoms with van der Waals surface area (Å²) in [4.78, 5) is 23.9. The minimum absolute atomic E-state index is 0.0572. The first kappa shape index (κ1) is 22.5. The van der Waals surface area contributed by atoms with Gasteiger partial charge in [-0.1, -0.05) is 20.8 Å². The lowest BCUT2D eigenvalue weighted by atomic mass is 9.74. The van der Waals surface area contributed by atoms with Crippen molar-refractivity contribution < 1.29 is 32.7 Å². The number of carboxylic acid groups (broad SMARTS) is 1. The van der Waals surface area contributed by atoms with E-state index in [9.17, 15) is 19.3 Å². The summed E-state index contributed by atoms with van der Waals surface area (Å²) in [5.41, 5.74) is -0.466. The van der Waals surface area contributed by atoms with Gasteiger partial charge in [0.2, 0.25) is 0 Å². The topological polar surface area (TPSA) is 99.1 Å². The van der Waals surface area contributed by atoms with E-state index in [1.807, 2.05) is 33.9 Å². The van der Waals surface area contributed by atoms with Crippen molar-refractivity contribution in [3.63, 3.8) is 0 Å². The molecule has 0 aromatic heterocycles. The van der Waals surface area contributed by atoms with Crippen LogP contribution in [-0.4, -0.2) is 52.4 Å². The maximum absolute atomic E-state index is 12.3. The molecule has 23 heavy (non-hydrogen) atoms. The Kier molecular flexibility index (Phi) is 8.87. The number of carbonyl (C=O) groups is 2. The number of aliphatic carboxylic acids is 1. The highest BCUT2D eigenvalue weighted by atomic mass is 31.2. The Morgan fingerprint density at radius 1 is 1.17 bits per heavy atom. The van der Waals surface area contributed by atoms with Crippen molar-refractivity contribution in [2.75, 3.05) is 20.4 Å². The van der Waals surface area contributed by atoms with Gasteiger partial charge in [-0.15, -0.1) is 0 Å².